The van der Waals surface area contributed by atoms with Crippen LogP contribution in [0.3, 0.4) is 0 Å². The standard InChI is InChI=1S/C15H19NO4/c1-11(14(17)19-3)13(15(18)20-4)16(2)10-12-8-6-5-7-9-12/h5-9,13H,1,10H2,2-4H3. The maximum atomic E-state index is 11.9. The Balaban J connectivity index is 2.90. The molecule has 0 aliphatic rings. The summed E-state index contributed by atoms with van der Waals surface area (Å²) in [5.41, 5.74) is 1.07. The van der Waals surface area contributed by atoms with Gasteiger partial charge in [0.25, 0.3) is 0 Å². The summed E-state index contributed by atoms with van der Waals surface area (Å²) in [5.74, 6) is -1.17. The molecule has 0 aromatic heterocycles. The van der Waals surface area contributed by atoms with Gasteiger partial charge < -0.3 is 9.47 Å². The third kappa shape index (κ3) is 3.93. The molecule has 0 saturated heterocycles. The van der Waals surface area contributed by atoms with Crippen molar-refractivity contribution in [2.75, 3.05) is 21.3 Å². The van der Waals surface area contributed by atoms with Gasteiger partial charge in [0.1, 0.15) is 6.04 Å². The van der Waals surface area contributed by atoms with E-state index in [1.807, 2.05) is 30.3 Å². The smallest absolute Gasteiger partial charge is 0.335 e. The van der Waals surface area contributed by atoms with E-state index in [9.17, 15) is 9.59 Å². The SMILES string of the molecule is C=C(C(=O)OC)C(C(=O)OC)N(C)Cc1ccccc1. The zero-order chi connectivity index (χ0) is 15.1. The molecule has 0 spiro atoms. The summed E-state index contributed by atoms with van der Waals surface area (Å²) in [6.45, 7) is 4.12. The van der Waals surface area contributed by atoms with Crippen molar-refractivity contribution in [3.63, 3.8) is 0 Å². The summed E-state index contributed by atoms with van der Waals surface area (Å²) in [6, 6.07) is 8.73. The second kappa shape index (κ2) is 7.45. The molecule has 0 heterocycles. The van der Waals surface area contributed by atoms with E-state index in [1.54, 1.807) is 11.9 Å². The molecule has 1 aromatic rings. The minimum absolute atomic E-state index is 0.0535. The Morgan fingerprint density at radius 3 is 2.30 bits per heavy atom. The first kappa shape index (κ1) is 15.9. The normalized spacial score (nSPS) is 11.8. The monoisotopic (exact) mass is 277 g/mol. The van der Waals surface area contributed by atoms with Crippen LogP contribution in [0.15, 0.2) is 42.5 Å². The van der Waals surface area contributed by atoms with Gasteiger partial charge in [-0.25, -0.2) is 9.59 Å². The molecular weight excluding hydrogens is 258 g/mol. The number of hydrogen-bond acceptors (Lipinski definition) is 5. The number of ether oxygens (including phenoxy) is 2. The number of rotatable bonds is 6. The van der Waals surface area contributed by atoms with Crippen LogP contribution in [0.4, 0.5) is 0 Å². The predicted octanol–water partition coefficient (Wildman–Crippen LogP) is 1.39. The Bertz CT molecular complexity index is 484. The highest BCUT2D eigenvalue weighted by Gasteiger charge is 2.31. The Morgan fingerprint density at radius 1 is 1.20 bits per heavy atom. The van der Waals surface area contributed by atoms with Gasteiger partial charge in [-0.1, -0.05) is 36.9 Å². The van der Waals surface area contributed by atoms with Crippen LogP contribution in [0, 0.1) is 0 Å². The molecule has 1 unspecified atom stereocenters. The maximum Gasteiger partial charge on any atom is 0.335 e. The van der Waals surface area contributed by atoms with Gasteiger partial charge in [-0.15, -0.1) is 0 Å². The Morgan fingerprint density at radius 2 is 1.80 bits per heavy atom. The third-order valence-corrected chi connectivity index (χ3v) is 2.92. The van der Waals surface area contributed by atoms with Crippen LogP contribution in [0.5, 0.6) is 0 Å². The van der Waals surface area contributed by atoms with Crippen molar-refractivity contribution in [1.29, 1.82) is 0 Å². The lowest BCUT2D eigenvalue weighted by Gasteiger charge is -2.26. The third-order valence-electron chi connectivity index (χ3n) is 2.92. The second-order valence-corrected chi connectivity index (χ2v) is 4.34. The number of carbonyl (C=O) groups excluding carboxylic acids is 2. The van der Waals surface area contributed by atoms with Gasteiger partial charge in [0.05, 0.1) is 19.8 Å². The summed E-state index contributed by atoms with van der Waals surface area (Å²) in [5, 5.41) is 0. The Labute approximate surface area is 118 Å². The number of likely N-dealkylation sites (N-methyl/N-ethyl adjacent to an activating group) is 1. The van der Waals surface area contributed by atoms with Crippen molar-refractivity contribution < 1.29 is 19.1 Å². The van der Waals surface area contributed by atoms with Gasteiger partial charge in [-0.2, -0.15) is 0 Å². The molecular formula is C15H19NO4. The Hall–Kier alpha value is -2.14. The van der Waals surface area contributed by atoms with Crippen LogP contribution in [0.25, 0.3) is 0 Å². The van der Waals surface area contributed by atoms with Gasteiger partial charge in [0, 0.05) is 6.54 Å². The topological polar surface area (TPSA) is 55.8 Å². The first-order chi connectivity index (χ1) is 9.51. The lowest BCUT2D eigenvalue weighted by Crippen LogP contribution is -2.42. The van der Waals surface area contributed by atoms with E-state index >= 15 is 0 Å². The van der Waals surface area contributed by atoms with Crippen LogP contribution >= 0.6 is 0 Å². The molecule has 0 radical (unpaired) electrons. The zero-order valence-electron chi connectivity index (χ0n) is 12.0. The zero-order valence-corrected chi connectivity index (χ0v) is 12.0. The van der Waals surface area contributed by atoms with Crippen LogP contribution in [-0.4, -0.2) is 44.1 Å². The van der Waals surface area contributed by atoms with Crippen molar-refractivity contribution in [2.24, 2.45) is 0 Å². The summed E-state index contributed by atoms with van der Waals surface area (Å²) < 4.78 is 9.35. The van der Waals surface area contributed by atoms with Gasteiger partial charge in [0.15, 0.2) is 0 Å². The first-order valence-electron chi connectivity index (χ1n) is 6.10. The molecule has 5 heteroatoms. The van der Waals surface area contributed by atoms with E-state index in [1.165, 1.54) is 14.2 Å². The van der Waals surface area contributed by atoms with Gasteiger partial charge >= 0.3 is 11.9 Å². The molecule has 0 saturated carbocycles. The number of benzene rings is 1. The number of methoxy groups -OCH3 is 2. The number of hydrogen-bond donors (Lipinski definition) is 0. The fourth-order valence-electron chi connectivity index (χ4n) is 1.91. The van der Waals surface area contributed by atoms with Crippen molar-refractivity contribution in [1.82, 2.24) is 4.90 Å². The summed E-state index contributed by atoms with van der Waals surface area (Å²) in [4.78, 5) is 25.1. The van der Waals surface area contributed by atoms with Crippen LogP contribution in [0.1, 0.15) is 5.56 Å². The molecule has 1 aromatic carbocycles. The lowest BCUT2D eigenvalue weighted by molar-refractivity contribution is -0.148. The highest BCUT2D eigenvalue weighted by Crippen LogP contribution is 2.14. The maximum absolute atomic E-state index is 11.9. The van der Waals surface area contributed by atoms with Crippen molar-refractivity contribution >= 4 is 11.9 Å². The summed E-state index contributed by atoms with van der Waals surface area (Å²) in [7, 11) is 4.25. The average molecular weight is 277 g/mol. The Kier molecular flexibility index (Phi) is 5.93. The summed E-state index contributed by atoms with van der Waals surface area (Å²) in [6.07, 6.45) is 0. The molecule has 0 N–H and O–H groups in total. The highest BCUT2D eigenvalue weighted by atomic mass is 16.5. The molecule has 108 valence electrons. The van der Waals surface area contributed by atoms with E-state index in [0.29, 0.717) is 6.54 Å². The molecule has 1 atom stereocenters. The fraction of sp³-hybridized carbons (Fsp3) is 0.333. The molecule has 0 amide bonds. The quantitative estimate of drug-likeness (QED) is 0.581. The molecule has 20 heavy (non-hydrogen) atoms. The number of nitrogens with zero attached hydrogens (tertiary/aromatic N) is 1. The van der Waals surface area contributed by atoms with Crippen LogP contribution in [-0.2, 0) is 25.6 Å². The molecule has 0 fully saturated rings. The second-order valence-electron chi connectivity index (χ2n) is 4.34. The van der Waals surface area contributed by atoms with E-state index in [2.05, 4.69) is 11.3 Å². The molecule has 0 aliphatic carbocycles. The highest BCUT2D eigenvalue weighted by molar-refractivity contribution is 5.97. The van der Waals surface area contributed by atoms with Gasteiger partial charge in [0.2, 0.25) is 0 Å². The number of esters is 2. The van der Waals surface area contributed by atoms with E-state index in [0.717, 1.165) is 5.56 Å². The molecule has 0 bridgehead atoms. The largest absolute Gasteiger partial charge is 0.468 e. The van der Waals surface area contributed by atoms with Crippen LogP contribution < -0.4 is 0 Å². The minimum Gasteiger partial charge on any atom is -0.468 e. The average Bonchev–Trinajstić information content (AvgIpc) is 2.47. The molecule has 1 rings (SSSR count). The number of carbonyl (C=O) groups is 2. The predicted molar refractivity (Wildman–Crippen MR) is 74.9 cm³/mol. The molecule has 5 nitrogen and oxygen atoms in total. The van der Waals surface area contributed by atoms with Crippen molar-refractivity contribution in [3.05, 3.63) is 48.0 Å². The fourth-order valence-corrected chi connectivity index (χ4v) is 1.91. The summed E-state index contributed by atoms with van der Waals surface area (Å²) >= 11 is 0. The van der Waals surface area contributed by atoms with E-state index in [4.69, 9.17) is 4.74 Å². The van der Waals surface area contributed by atoms with E-state index < -0.39 is 18.0 Å². The van der Waals surface area contributed by atoms with Crippen molar-refractivity contribution in [2.45, 2.75) is 12.6 Å². The van der Waals surface area contributed by atoms with Gasteiger partial charge in [-0.05, 0) is 12.6 Å². The van der Waals surface area contributed by atoms with Crippen LogP contribution in [0.2, 0.25) is 0 Å². The van der Waals surface area contributed by atoms with Gasteiger partial charge in [-0.3, -0.25) is 4.90 Å². The minimum atomic E-state index is -0.868. The first-order valence-corrected chi connectivity index (χ1v) is 6.10. The molecule has 0 aliphatic heterocycles. The lowest BCUT2D eigenvalue weighted by atomic mass is 10.1. The van der Waals surface area contributed by atoms with Crippen molar-refractivity contribution in [3.8, 4) is 0 Å². The van der Waals surface area contributed by atoms with E-state index in [-0.39, 0.29) is 5.57 Å².